The third kappa shape index (κ3) is 4.82. The Morgan fingerprint density at radius 2 is 2.05 bits per heavy atom. The standard InChI is InChI=1S/C15H25BrN2O2/c1-3-14(17)15(12-6-4-5-7-13(12)16)18(8-10-19)9-11-20-2/h4-7,14-15,19H,3,8-11,17H2,1-2H3. The van der Waals surface area contributed by atoms with Gasteiger partial charge in [0.05, 0.1) is 19.3 Å². The molecule has 0 heterocycles. The number of benzene rings is 1. The van der Waals surface area contributed by atoms with E-state index < -0.39 is 0 Å². The molecule has 0 spiro atoms. The van der Waals surface area contributed by atoms with E-state index in [0.29, 0.717) is 13.2 Å². The number of ether oxygens (including phenoxy) is 1. The third-order valence-corrected chi connectivity index (χ3v) is 4.19. The highest BCUT2D eigenvalue weighted by Gasteiger charge is 2.26. The largest absolute Gasteiger partial charge is 0.395 e. The van der Waals surface area contributed by atoms with Crippen molar-refractivity contribution in [1.29, 1.82) is 0 Å². The van der Waals surface area contributed by atoms with Crippen LogP contribution in [-0.4, -0.2) is 49.5 Å². The lowest BCUT2D eigenvalue weighted by molar-refractivity contribution is 0.0897. The van der Waals surface area contributed by atoms with Crippen LogP contribution in [0.1, 0.15) is 24.9 Å². The molecule has 4 nitrogen and oxygen atoms in total. The SMILES string of the molecule is CCC(N)C(c1ccccc1Br)N(CCO)CCOC. The summed E-state index contributed by atoms with van der Waals surface area (Å²) >= 11 is 3.61. The molecule has 0 saturated carbocycles. The number of hydrogen-bond donors (Lipinski definition) is 2. The summed E-state index contributed by atoms with van der Waals surface area (Å²) in [7, 11) is 1.68. The summed E-state index contributed by atoms with van der Waals surface area (Å²) in [5.74, 6) is 0. The van der Waals surface area contributed by atoms with Gasteiger partial charge in [-0.1, -0.05) is 41.1 Å². The molecule has 5 heteroatoms. The average Bonchev–Trinajstić information content (AvgIpc) is 2.46. The Labute approximate surface area is 130 Å². The van der Waals surface area contributed by atoms with E-state index in [1.165, 1.54) is 0 Å². The van der Waals surface area contributed by atoms with Crippen molar-refractivity contribution in [3.8, 4) is 0 Å². The van der Waals surface area contributed by atoms with E-state index >= 15 is 0 Å². The number of hydrogen-bond acceptors (Lipinski definition) is 4. The molecule has 0 saturated heterocycles. The summed E-state index contributed by atoms with van der Waals surface area (Å²) in [4.78, 5) is 2.19. The Kier molecular flexibility index (Phi) is 8.33. The Hall–Kier alpha value is -0.460. The van der Waals surface area contributed by atoms with Gasteiger partial charge in [0, 0.05) is 30.7 Å². The van der Waals surface area contributed by atoms with Crippen molar-refractivity contribution < 1.29 is 9.84 Å². The third-order valence-electron chi connectivity index (χ3n) is 3.46. The molecule has 0 fully saturated rings. The van der Waals surface area contributed by atoms with Crippen molar-refractivity contribution in [3.63, 3.8) is 0 Å². The van der Waals surface area contributed by atoms with Crippen LogP contribution in [0.5, 0.6) is 0 Å². The van der Waals surface area contributed by atoms with Crippen LogP contribution in [0.15, 0.2) is 28.7 Å². The average molecular weight is 345 g/mol. The molecular formula is C15H25BrN2O2. The zero-order valence-electron chi connectivity index (χ0n) is 12.3. The number of nitrogens with two attached hydrogens (primary N) is 1. The molecule has 2 atom stereocenters. The zero-order chi connectivity index (χ0) is 15.0. The highest BCUT2D eigenvalue weighted by Crippen LogP contribution is 2.30. The summed E-state index contributed by atoms with van der Waals surface area (Å²) < 4.78 is 6.22. The number of nitrogens with zero attached hydrogens (tertiary/aromatic N) is 1. The van der Waals surface area contributed by atoms with Gasteiger partial charge in [-0.05, 0) is 18.1 Å². The number of halogens is 1. The molecule has 0 radical (unpaired) electrons. The Balaban J connectivity index is 3.05. The zero-order valence-corrected chi connectivity index (χ0v) is 13.8. The van der Waals surface area contributed by atoms with Crippen molar-refractivity contribution in [2.24, 2.45) is 5.73 Å². The van der Waals surface area contributed by atoms with E-state index in [1.807, 2.05) is 18.2 Å². The monoisotopic (exact) mass is 344 g/mol. The number of aliphatic hydroxyl groups is 1. The van der Waals surface area contributed by atoms with E-state index in [0.717, 1.165) is 23.0 Å². The number of methoxy groups -OCH3 is 1. The van der Waals surface area contributed by atoms with Crippen LogP contribution < -0.4 is 5.73 Å². The number of aliphatic hydroxyl groups excluding tert-OH is 1. The van der Waals surface area contributed by atoms with Gasteiger partial charge in [0.25, 0.3) is 0 Å². The summed E-state index contributed by atoms with van der Waals surface area (Å²) in [5, 5.41) is 9.32. The van der Waals surface area contributed by atoms with Gasteiger partial charge in [-0.25, -0.2) is 0 Å². The molecule has 0 bridgehead atoms. The maximum absolute atomic E-state index is 9.32. The smallest absolute Gasteiger partial charge is 0.0589 e. The quantitative estimate of drug-likeness (QED) is 0.720. The van der Waals surface area contributed by atoms with Crippen LogP contribution in [0.25, 0.3) is 0 Å². The van der Waals surface area contributed by atoms with Gasteiger partial charge >= 0.3 is 0 Å². The first-order valence-electron chi connectivity index (χ1n) is 6.99. The van der Waals surface area contributed by atoms with Crippen molar-refractivity contribution in [1.82, 2.24) is 4.90 Å². The fraction of sp³-hybridized carbons (Fsp3) is 0.600. The molecule has 0 aromatic heterocycles. The molecule has 1 rings (SSSR count). The van der Waals surface area contributed by atoms with Crippen LogP contribution in [0.4, 0.5) is 0 Å². The lowest BCUT2D eigenvalue weighted by Crippen LogP contribution is -2.43. The first-order valence-corrected chi connectivity index (χ1v) is 7.78. The van der Waals surface area contributed by atoms with Crippen molar-refractivity contribution in [3.05, 3.63) is 34.3 Å². The van der Waals surface area contributed by atoms with E-state index in [4.69, 9.17) is 10.5 Å². The molecule has 114 valence electrons. The van der Waals surface area contributed by atoms with Gasteiger partial charge in [0.2, 0.25) is 0 Å². The molecule has 0 aliphatic rings. The maximum atomic E-state index is 9.32. The molecule has 20 heavy (non-hydrogen) atoms. The van der Waals surface area contributed by atoms with Crippen LogP contribution in [-0.2, 0) is 4.74 Å². The van der Waals surface area contributed by atoms with Crippen LogP contribution in [0.2, 0.25) is 0 Å². The molecule has 1 aromatic rings. The molecular weight excluding hydrogens is 320 g/mol. The Morgan fingerprint density at radius 3 is 2.60 bits per heavy atom. The van der Waals surface area contributed by atoms with Crippen molar-refractivity contribution in [2.45, 2.75) is 25.4 Å². The summed E-state index contributed by atoms with van der Waals surface area (Å²) in [6, 6.07) is 8.20. The van der Waals surface area contributed by atoms with E-state index in [2.05, 4.69) is 33.8 Å². The minimum absolute atomic E-state index is 0.0112. The fourth-order valence-corrected chi connectivity index (χ4v) is 2.88. The highest BCUT2D eigenvalue weighted by atomic mass is 79.9. The van der Waals surface area contributed by atoms with E-state index in [9.17, 15) is 5.11 Å². The van der Waals surface area contributed by atoms with E-state index in [1.54, 1.807) is 7.11 Å². The molecule has 3 N–H and O–H groups in total. The second-order valence-corrected chi connectivity index (χ2v) is 5.65. The van der Waals surface area contributed by atoms with Crippen LogP contribution in [0.3, 0.4) is 0 Å². The first kappa shape index (κ1) is 17.6. The van der Waals surface area contributed by atoms with Gasteiger partial charge in [-0.15, -0.1) is 0 Å². The van der Waals surface area contributed by atoms with Crippen molar-refractivity contribution in [2.75, 3.05) is 33.4 Å². The molecule has 0 aliphatic carbocycles. The molecule has 2 unspecified atom stereocenters. The van der Waals surface area contributed by atoms with Crippen molar-refractivity contribution >= 4 is 15.9 Å². The summed E-state index contributed by atoms with van der Waals surface area (Å²) in [6.45, 7) is 4.15. The van der Waals surface area contributed by atoms with Gasteiger partial charge in [0.1, 0.15) is 0 Å². The summed E-state index contributed by atoms with van der Waals surface area (Å²) in [6.07, 6.45) is 0.876. The topological polar surface area (TPSA) is 58.7 Å². The predicted molar refractivity (Wildman–Crippen MR) is 85.7 cm³/mol. The second-order valence-electron chi connectivity index (χ2n) is 4.79. The summed E-state index contributed by atoms with van der Waals surface area (Å²) in [5.41, 5.74) is 7.49. The van der Waals surface area contributed by atoms with Gasteiger partial charge in [-0.3, -0.25) is 4.90 Å². The van der Waals surface area contributed by atoms with Crippen LogP contribution >= 0.6 is 15.9 Å². The predicted octanol–water partition coefficient (Wildman–Crippen LogP) is 2.17. The van der Waals surface area contributed by atoms with Gasteiger partial charge < -0.3 is 15.6 Å². The number of rotatable bonds is 9. The molecule has 0 aliphatic heterocycles. The van der Waals surface area contributed by atoms with Gasteiger partial charge in [0.15, 0.2) is 0 Å². The van der Waals surface area contributed by atoms with Crippen LogP contribution in [0, 0.1) is 0 Å². The lowest BCUT2D eigenvalue weighted by Gasteiger charge is -2.35. The minimum Gasteiger partial charge on any atom is -0.395 e. The Bertz CT molecular complexity index is 390. The molecule has 0 amide bonds. The lowest BCUT2D eigenvalue weighted by atomic mass is 9.96. The normalized spacial score (nSPS) is 14.5. The highest BCUT2D eigenvalue weighted by molar-refractivity contribution is 9.10. The first-order chi connectivity index (χ1) is 9.65. The minimum atomic E-state index is 0.0112. The molecule has 1 aromatic carbocycles. The van der Waals surface area contributed by atoms with Gasteiger partial charge in [-0.2, -0.15) is 0 Å². The maximum Gasteiger partial charge on any atom is 0.0589 e. The second kappa shape index (κ2) is 9.47. The van der Waals surface area contributed by atoms with E-state index in [-0.39, 0.29) is 18.7 Å². The fourth-order valence-electron chi connectivity index (χ4n) is 2.36. The Morgan fingerprint density at radius 1 is 1.35 bits per heavy atom.